The highest BCUT2D eigenvalue weighted by atomic mass is 35.5. The van der Waals surface area contributed by atoms with Gasteiger partial charge in [0.2, 0.25) is 0 Å². The Morgan fingerprint density at radius 2 is 1.33 bits per heavy atom. The number of hydrogen-bond acceptors (Lipinski definition) is 3. The van der Waals surface area contributed by atoms with Crippen molar-refractivity contribution in [2.45, 2.75) is 22.9 Å². The summed E-state index contributed by atoms with van der Waals surface area (Å²) in [6, 6.07) is 0. The first-order valence-corrected chi connectivity index (χ1v) is 8.14. The summed E-state index contributed by atoms with van der Waals surface area (Å²) in [7, 11) is -8.03. The van der Waals surface area contributed by atoms with E-state index in [2.05, 4.69) is 15.4 Å². The topological polar surface area (TPSA) is 55.7 Å². The molecule has 0 aliphatic carbocycles. The maximum absolute atomic E-state index is 13.1. The first-order valence-electron chi connectivity index (χ1n) is 4.33. The van der Waals surface area contributed by atoms with E-state index in [1.54, 1.807) is 0 Å². The van der Waals surface area contributed by atoms with Gasteiger partial charge in [-0.05, 0) is 24.1 Å². The van der Waals surface area contributed by atoms with Gasteiger partial charge in [-0.3, -0.25) is 0 Å². The lowest BCUT2D eigenvalue weighted by Crippen LogP contribution is -2.54. The van der Waals surface area contributed by atoms with Gasteiger partial charge in [-0.25, -0.2) is 4.74 Å². The van der Waals surface area contributed by atoms with E-state index in [1.807, 2.05) is 4.74 Å². The zero-order valence-electron chi connectivity index (χ0n) is 9.89. The highest BCUT2D eigenvalue weighted by molar-refractivity contribution is 8.00. The molecule has 128 valence electrons. The minimum atomic E-state index is -6.52. The van der Waals surface area contributed by atoms with E-state index in [-0.39, 0.29) is 0 Å². The average Bonchev–Trinajstić information content (AvgIpc) is 2.10. The van der Waals surface area contributed by atoms with E-state index < -0.39 is 43.6 Å². The van der Waals surface area contributed by atoms with E-state index in [1.165, 1.54) is 0 Å². The zero-order valence-corrected chi connectivity index (χ0v) is 12.3. The van der Waals surface area contributed by atoms with Crippen molar-refractivity contribution in [3.05, 3.63) is 0 Å². The molecule has 0 saturated carbocycles. The van der Waals surface area contributed by atoms with Gasteiger partial charge in [0.05, 0.1) is 0 Å². The molecule has 0 rings (SSSR count). The molecule has 15 heteroatoms. The second-order valence-corrected chi connectivity index (χ2v) is 7.55. The smallest absolute Gasteiger partial charge is 0.243 e. The summed E-state index contributed by atoms with van der Waals surface area (Å²) >= 11 is 3.72. The number of hydrogen-bond donors (Lipinski definition) is 0. The van der Waals surface area contributed by atoms with Crippen LogP contribution in [0, 0.1) is 0 Å². The van der Waals surface area contributed by atoms with Crippen LogP contribution in [0.3, 0.4) is 0 Å². The van der Waals surface area contributed by atoms with Crippen molar-refractivity contribution < 1.29 is 48.3 Å². The van der Waals surface area contributed by atoms with Gasteiger partial charge in [0.1, 0.15) is 0 Å². The molecule has 0 fully saturated rings. The highest BCUT2D eigenvalue weighted by Gasteiger charge is 2.74. The molecule has 0 amide bonds. The van der Waals surface area contributed by atoms with Crippen LogP contribution >= 0.6 is 11.6 Å². The summed E-state index contributed by atoms with van der Waals surface area (Å²) < 4.78 is 127. The zero-order chi connectivity index (χ0) is 17.5. The van der Waals surface area contributed by atoms with Crippen LogP contribution in [0.4, 0.5) is 35.1 Å². The van der Waals surface area contributed by atoms with Crippen LogP contribution in [0.2, 0.25) is 0 Å². The van der Waals surface area contributed by atoms with Crippen LogP contribution in [-0.2, 0) is 25.5 Å². The molecule has 0 aromatic heterocycles. The van der Waals surface area contributed by atoms with Crippen molar-refractivity contribution in [1.29, 1.82) is 0 Å². The minimum Gasteiger partial charge on any atom is -0.243 e. The van der Waals surface area contributed by atoms with Crippen LogP contribution in [-0.4, -0.2) is 43.8 Å². The Kier molecular flexibility index (Phi) is 5.72. The predicted octanol–water partition coefficient (Wildman–Crippen LogP) is 3.00. The summed E-state index contributed by atoms with van der Waals surface area (Å²) in [5.74, 6) is 0. The van der Waals surface area contributed by atoms with Crippen LogP contribution in [0.15, 0.2) is 3.77 Å². The first-order chi connectivity index (χ1) is 8.87. The average molecular weight is 392 g/mol. The molecule has 0 aromatic carbocycles. The molecule has 0 saturated heterocycles. The van der Waals surface area contributed by atoms with Gasteiger partial charge in [0.25, 0.3) is 0 Å². The third-order valence-corrected chi connectivity index (χ3v) is 4.58. The molecule has 0 atom stereocenters. The Bertz CT molecular complexity index is 525. The summed E-state index contributed by atoms with van der Waals surface area (Å²) in [6.45, 7) is 0. The van der Waals surface area contributed by atoms with E-state index in [0.717, 1.165) is 12.5 Å². The van der Waals surface area contributed by atoms with E-state index >= 15 is 0 Å². The van der Waals surface area contributed by atoms with Crippen LogP contribution in [0.1, 0.15) is 0 Å². The fraction of sp³-hybridized carbons (Fsp3) is 1.00. The number of halogens is 9. The largest absolute Gasteiger partial charge is 0.456 e. The molecule has 0 N–H and O–H groups in total. The lowest BCUT2D eigenvalue weighted by Gasteiger charge is -2.29. The summed E-state index contributed by atoms with van der Waals surface area (Å²) in [6.07, 6.45) is -10.9. The van der Waals surface area contributed by atoms with E-state index in [0.29, 0.717) is 0 Å². The number of rotatable bonds is 6. The van der Waals surface area contributed by atoms with Crippen LogP contribution in [0.5, 0.6) is 0 Å². The highest BCUT2D eigenvalue weighted by Crippen LogP contribution is 2.48. The van der Waals surface area contributed by atoms with Crippen LogP contribution < -0.4 is 0 Å². The van der Waals surface area contributed by atoms with Gasteiger partial charge in [0.15, 0.2) is 0 Å². The number of sulfonamides is 1. The van der Waals surface area contributed by atoms with E-state index in [4.69, 9.17) is 0 Å². The SMILES string of the molecule is CS(C)=NS(=O)(=O)C(F)(F)C(F)(F)OC(F)(F)C(F)(F)Cl. The molecule has 0 spiro atoms. The fourth-order valence-corrected chi connectivity index (χ4v) is 3.00. The van der Waals surface area contributed by atoms with Gasteiger partial charge < -0.3 is 0 Å². The molecular formula is C6H6ClF8NO3S2. The van der Waals surface area contributed by atoms with Crippen molar-refractivity contribution in [2.24, 2.45) is 3.77 Å². The lowest BCUT2D eigenvalue weighted by atomic mass is 10.6. The maximum Gasteiger partial charge on any atom is 0.456 e. The van der Waals surface area contributed by atoms with Crippen molar-refractivity contribution in [1.82, 2.24) is 0 Å². The molecule has 4 nitrogen and oxygen atoms in total. The molecule has 0 aromatic rings. The van der Waals surface area contributed by atoms with Crippen molar-refractivity contribution in [2.75, 3.05) is 12.5 Å². The second kappa shape index (κ2) is 5.77. The molecule has 0 aliphatic rings. The third kappa shape index (κ3) is 4.39. The predicted molar refractivity (Wildman–Crippen MR) is 57.3 cm³/mol. The summed E-state index contributed by atoms with van der Waals surface area (Å²) in [5.41, 5.74) is 0. The molecule has 0 bridgehead atoms. The Morgan fingerprint density at radius 3 is 1.62 bits per heavy atom. The fourth-order valence-electron chi connectivity index (χ4n) is 0.671. The molecule has 0 radical (unpaired) electrons. The van der Waals surface area contributed by atoms with Crippen molar-refractivity contribution in [3.63, 3.8) is 0 Å². The maximum atomic E-state index is 13.1. The normalized spacial score (nSPS) is 15.4. The van der Waals surface area contributed by atoms with Gasteiger partial charge in [-0.1, -0.05) is 10.7 Å². The van der Waals surface area contributed by atoms with Crippen LogP contribution in [0.25, 0.3) is 0 Å². The second-order valence-electron chi connectivity index (χ2n) is 3.47. The Balaban J connectivity index is 5.77. The first kappa shape index (κ1) is 20.8. The van der Waals surface area contributed by atoms with Crippen molar-refractivity contribution in [3.8, 4) is 0 Å². The van der Waals surface area contributed by atoms with E-state index in [9.17, 15) is 43.5 Å². The van der Waals surface area contributed by atoms with Gasteiger partial charge in [-0.15, -0.1) is 3.77 Å². The summed E-state index contributed by atoms with van der Waals surface area (Å²) in [5, 5.41) is -12.1. The number of alkyl halides is 9. The monoisotopic (exact) mass is 391 g/mol. The third-order valence-electron chi connectivity index (χ3n) is 1.50. The number of ether oxygens (including phenoxy) is 1. The lowest BCUT2D eigenvalue weighted by molar-refractivity contribution is -0.442. The minimum absolute atomic E-state index is 0.925. The van der Waals surface area contributed by atoms with Gasteiger partial charge >= 0.3 is 32.9 Å². The standard InChI is InChI=1S/C6H6ClF8NO3S2/c1-20(2)16-21(17,18)6(14,15)5(12,13)19-4(10,11)3(7,8)9/h1-2H3. The molecule has 0 heterocycles. The quantitative estimate of drug-likeness (QED) is 0.516. The molecular weight excluding hydrogens is 386 g/mol. The Hall–Kier alpha value is -0.210. The molecule has 0 aliphatic heterocycles. The molecule has 0 unspecified atom stereocenters. The van der Waals surface area contributed by atoms with Gasteiger partial charge in [-0.2, -0.15) is 43.5 Å². The van der Waals surface area contributed by atoms with Gasteiger partial charge in [0, 0.05) is 0 Å². The van der Waals surface area contributed by atoms with Crippen molar-refractivity contribution >= 4 is 32.3 Å². The number of nitrogens with zero attached hydrogens (tertiary/aromatic N) is 1. The molecule has 21 heavy (non-hydrogen) atoms. The Morgan fingerprint density at radius 1 is 0.952 bits per heavy atom. The Labute approximate surface area is 120 Å². The summed E-state index contributed by atoms with van der Waals surface area (Å²) in [4.78, 5) is 0.